The van der Waals surface area contributed by atoms with Crippen molar-refractivity contribution in [2.24, 2.45) is 0 Å². The van der Waals surface area contributed by atoms with Crippen molar-refractivity contribution in [3.8, 4) is 0 Å². The maximum atomic E-state index is 12.2. The average Bonchev–Trinajstić information content (AvgIpc) is 2.81. The number of aromatic nitrogens is 2. The monoisotopic (exact) mass is 316 g/mol. The van der Waals surface area contributed by atoms with Gasteiger partial charge in [-0.3, -0.25) is 9.48 Å². The summed E-state index contributed by atoms with van der Waals surface area (Å²) < 4.78 is 1.94. The Morgan fingerprint density at radius 3 is 2.43 bits per heavy atom. The molecule has 0 unspecified atom stereocenters. The minimum atomic E-state index is -0.105. The summed E-state index contributed by atoms with van der Waals surface area (Å²) in [4.78, 5) is 12.2. The Balaban J connectivity index is 0.00000400. The number of hydrogen-bond donors (Lipinski definition) is 2. The molecule has 0 aliphatic heterocycles. The number of nitrogens with one attached hydrogen (secondary N) is 2. The van der Waals surface area contributed by atoms with Gasteiger partial charge in [0.15, 0.2) is 0 Å². The van der Waals surface area contributed by atoms with Gasteiger partial charge in [0, 0.05) is 13.1 Å². The zero-order valence-corrected chi connectivity index (χ0v) is 14.6. The first-order valence-corrected chi connectivity index (χ1v) is 7.48. The van der Waals surface area contributed by atoms with Gasteiger partial charge in [-0.25, -0.2) is 0 Å². The lowest BCUT2D eigenvalue weighted by atomic mass is 10.1. The van der Waals surface area contributed by atoms with Crippen LogP contribution in [0.4, 0.5) is 0 Å². The number of amides is 1. The highest BCUT2D eigenvalue weighted by atomic mass is 35.5. The molecule has 2 N–H and O–H groups in total. The molecule has 0 atom stereocenters. The van der Waals surface area contributed by atoms with Crippen molar-refractivity contribution in [1.29, 1.82) is 0 Å². The molecule has 21 heavy (non-hydrogen) atoms. The summed E-state index contributed by atoms with van der Waals surface area (Å²) in [5.74, 6) is -0.0318. The molecule has 0 aliphatic rings. The van der Waals surface area contributed by atoms with Gasteiger partial charge in [0.1, 0.15) is 0 Å². The maximum absolute atomic E-state index is 12.2. The average molecular weight is 317 g/mol. The summed E-state index contributed by atoms with van der Waals surface area (Å²) in [6.45, 7) is 12.9. The Bertz CT molecular complexity index is 437. The van der Waals surface area contributed by atoms with E-state index in [1.807, 2.05) is 4.68 Å². The van der Waals surface area contributed by atoms with Gasteiger partial charge in [0.2, 0.25) is 0 Å². The Kier molecular flexibility index (Phi) is 8.59. The van der Waals surface area contributed by atoms with Gasteiger partial charge in [-0.15, -0.1) is 12.4 Å². The van der Waals surface area contributed by atoms with Crippen LogP contribution in [0.3, 0.4) is 0 Å². The van der Waals surface area contributed by atoms with Gasteiger partial charge >= 0.3 is 0 Å². The quantitative estimate of drug-likeness (QED) is 0.759. The molecule has 6 heteroatoms. The van der Waals surface area contributed by atoms with Crippen LogP contribution >= 0.6 is 12.4 Å². The third-order valence-electron chi connectivity index (χ3n) is 3.10. The summed E-state index contributed by atoms with van der Waals surface area (Å²) in [5.41, 5.74) is 1.58. The van der Waals surface area contributed by atoms with Gasteiger partial charge in [-0.05, 0) is 40.2 Å². The highest BCUT2D eigenvalue weighted by Crippen LogP contribution is 2.19. The van der Waals surface area contributed by atoms with E-state index < -0.39 is 0 Å². The Hall–Kier alpha value is -1.07. The molecular weight excluding hydrogens is 288 g/mol. The topological polar surface area (TPSA) is 58.9 Å². The van der Waals surface area contributed by atoms with Gasteiger partial charge in [0.05, 0.1) is 23.0 Å². The number of carbonyl (C=O) groups is 1. The molecule has 1 aromatic rings. The highest BCUT2D eigenvalue weighted by Gasteiger charge is 2.22. The second-order valence-electron chi connectivity index (χ2n) is 5.95. The van der Waals surface area contributed by atoms with Crippen LogP contribution in [0.15, 0.2) is 6.20 Å². The van der Waals surface area contributed by atoms with E-state index in [1.165, 1.54) is 0 Å². The molecule has 1 heterocycles. The maximum Gasteiger partial charge on any atom is 0.254 e. The van der Waals surface area contributed by atoms with Crippen molar-refractivity contribution >= 4 is 18.3 Å². The van der Waals surface area contributed by atoms with Crippen molar-refractivity contribution in [1.82, 2.24) is 20.4 Å². The van der Waals surface area contributed by atoms with Gasteiger partial charge in [-0.1, -0.05) is 13.8 Å². The first-order valence-electron chi connectivity index (χ1n) is 7.48. The number of carbonyl (C=O) groups excluding carboxylic acids is 1. The molecule has 0 saturated heterocycles. The van der Waals surface area contributed by atoms with E-state index in [1.54, 1.807) is 6.20 Å². The third-order valence-corrected chi connectivity index (χ3v) is 3.10. The predicted molar refractivity (Wildman–Crippen MR) is 89.3 cm³/mol. The number of halogens is 1. The van der Waals surface area contributed by atoms with E-state index in [2.05, 4.69) is 50.4 Å². The van der Waals surface area contributed by atoms with Crippen LogP contribution in [-0.2, 0) is 12.0 Å². The molecule has 1 aromatic heterocycles. The fourth-order valence-corrected chi connectivity index (χ4v) is 2.14. The van der Waals surface area contributed by atoms with Gasteiger partial charge in [0.25, 0.3) is 5.91 Å². The molecule has 0 radical (unpaired) electrons. The zero-order chi connectivity index (χ0) is 15.2. The summed E-state index contributed by atoms with van der Waals surface area (Å²) in [6, 6.07) is 0. The summed E-state index contributed by atoms with van der Waals surface area (Å²) in [6.07, 6.45) is 3.58. The third kappa shape index (κ3) is 5.67. The molecule has 122 valence electrons. The molecule has 1 amide bonds. The zero-order valence-electron chi connectivity index (χ0n) is 13.8. The molecule has 0 bridgehead atoms. The minimum absolute atomic E-state index is 0. The SMILES string of the molecule is CCCNCCNC(=O)c1cnn(C(C)(C)C)c1CC.Cl. The molecule has 0 aromatic carbocycles. The van der Waals surface area contributed by atoms with Crippen LogP contribution in [0, 0.1) is 0 Å². The fourth-order valence-electron chi connectivity index (χ4n) is 2.14. The van der Waals surface area contributed by atoms with Crippen molar-refractivity contribution < 1.29 is 4.79 Å². The fraction of sp³-hybridized carbons (Fsp3) is 0.733. The summed E-state index contributed by atoms with van der Waals surface area (Å²) in [5, 5.41) is 10.6. The van der Waals surface area contributed by atoms with Crippen LogP contribution in [0.1, 0.15) is 57.1 Å². The Morgan fingerprint density at radius 2 is 1.90 bits per heavy atom. The van der Waals surface area contributed by atoms with Crippen molar-refractivity contribution in [2.45, 2.75) is 53.0 Å². The van der Waals surface area contributed by atoms with Gasteiger partial charge < -0.3 is 10.6 Å². The standard InChI is InChI=1S/C15H28N4O.ClH/c1-6-8-16-9-10-17-14(20)12-11-18-19(13(12)7-2)15(3,4)5;/h11,16H,6-10H2,1-5H3,(H,17,20);1H. The lowest BCUT2D eigenvalue weighted by Crippen LogP contribution is -2.33. The first-order chi connectivity index (χ1) is 9.41. The molecule has 0 aliphatic carbocycles. The second kappa shape index (κ2) is 9.05. The molecule has 0 fully saturated rings. The van der Waals surface area contributed by atoms with E-state index in [-0.39, 0.29) is 23.9 Å². The highest BCUT2D eigenvalue weighted by molar-refractivity contribution is 5.95. The van der Waals surface area contributed by atoms with E-state index in [9.17, 15) is 4.79 Å². The smallest absolute Gasteiger partial charge is 0.254 e. The Morgan fingerprint density at radius 1 is 1.24 bits per heavy atom. The van der Waals surface area contributed by atoms with E-state index in [0.717, 1.165) is 31.6 Å². The van der Waals surface area contributed by atoms with E-state index in [4.69, 9.17) is 0 Å². The first kappa shape index (κ1) is 19.9. The molecule has 0 spiro atoms. The summed E-state index contributed by atoms with van der Waals surface area (Å²) >= 11 is 0. The van der Waals surface area contributed by atoms with Crippen molar-refractivity contribution in [3.05, 3.63) is 17.5 Å². The molecule has 5 nitrogen and oxygen atoms in total. The minimum Gasteiger partial charge on any atom is -0.351 e. The number of rotatable bonds is 7. The van der Waals surface area contributed by atoms with Crippen LogP contribution in [0.5, 0.6) is 0 Å². The molecule has 1 rings (SSSR count). The number of hydrogen-bond acceptors (Lipinski definition) is 3. The van der Waals surface area contributed by atoms with Gasteiger partial charge in [-0.2, -0.15) is 5.10 Å². The lowest BCUT2D eigenvalue weighted by Gasteiger charge is -2.22. The number of nitrogens with zero attached hydrogens (tertiary/aromatic N) is 2. The van der Waals surface area contributed by atoms with Crippen LogP contribution < -0.4 is 10.6 Å². The van der Waals surface area contributed by atoms with E-state index >= 15 is 0 Å². The van der Waals surface area contributed by atoms with E-state index in [0.29, 0.717) is 12.1 Å². The summed E-state index contributed by atoms with van der Waals surface area (Å²) in [7, 11) is 0. The predicted octanol–water partition coefficient (Wildman–Crippen LogP) is 2.35. The van der Waals surface area contributed by atoms with Crippen molar-refractivity contribution in [2.75, 3.05) is 19.6 Å². The largest absolute Gasteiger partial charge is 0.351 e. The van der Waals surface area contributed by atoms with Crippen LogP contribution in [0.25, 0.3) is 0 Å². The van der Waals surface area contributed by atoms with Crippen molar-refractivity contribution in [3.63, 3.8) is 0 Å². The Labute approximate surface area is 134 Å². The lowest BCUT2D eigenvalue weighted by molar-refractivity contribution is 0.0952. The van der Waals surface area contributed by atoms with Crippen LogP contribution in [-0.4, -0.2) is 35.3 Å². The molecular formula is C15H29ClN4O. The normalized spacial score (nSPS) is 11.1. The molecule has 0 saturated carbocycles. The second-order valence-corrected chi connectivity index (χ2v) is 5.95. The van der Waals surface area contributed by atoms with Crippen LogP contribution in [0.2, 0.25) is 0 Å².